The highest BCUT2D eigenvalue weighted by Crippen LogP contribution is 2.21. The van der Waals surface area contributed by atoms with Gasteiger partial charge in [-0.2, -0.15) is 0 Å². The van der Waals surface area contributed by atoms with Gasteiger partial charge in [0.1, 0.15) is 5.82 Å². The van der Waals surface area contributed by atoms with E-state index in [4.69, 9.17) is 4.74 Å². The minimum atomic E-state index is -0.303. The number of benzene rings is 1. The van der Waals surface area contributed by atoms with E-state index in [1.54, 1.807) is 12.1 Å². The van der Waals surface area contributed by atoms with Crippen molar-refractivity contribution in [1.82, 2.24) is 9.80 Å². The molecule has 126 valence electrons. The summed E-state index contributed by atoms with van der Waals surface area (Å²) in [6.45, 7) is 5.14. The van der Waals surface area contributed by atoms with Crippen LogP contribution in [-0.2, 0) is 4.74 Å². The fourth-order valence-corrected chi connectivity index (χ4v) is 3.47. The quantitative estimate of drug-likeness (QED) is 0.858. The van der Waals surface area contributed by atoms with Gasteiger partial charge in [-0.25, -0.2) is 4.39 Å². The number of morpholine rings is 1. The Morgan fingerprint density at radius 1 is 1.09 bits per heavy atom. The molecule has 2 fully saturated rings. The summed E-state index contributed by atoms with van der Waals surface area (Å²) in [7, 11) is 0. The molecule has 4 nitrogen and oxygen atoms in total. The Balaban J connectivity index is 1.72. The average Bonchev–Trinajstić information content (AvgIpc) is 2.81. The highest BCUT2D eigenvalue weighted by atomic mass is 19.1. The molecule has 2 aliphatic rings. The van der Waals surface area contributed by atoms with E-state index in [0.717, 1.165) is 52.2 Å². The molecule has 0 N–H and O–H groups in total. The van der Waals surface area contributed by atoms with Crippen molar-refractivity contribution >= 4 is 5.91 Å². The standard InChI is InChI=1S/C18H25FN2O2/c19-16-7-5-15(6-8-16)18(22)21-9-3-1-2-4-17(21)14-20-10-12-23-13-11-20/h5-8,17H,1-4,9-14H2. The molecule has 1 aromatic carbocycles. The van der Waals surface area contributed by atoms with Gasteiger partial charge in [-0.05, 0) is 37.1 Å². The van der Waals surface area contributed by atoms with E-state index in [1.807, 2.05) is 4.90 Å². The molecule has 1 atom stereocenters. The molecule has 1 unspecified atom stereocenters. The molecule has 0 aliphatic carbocycles. The fourth-order valence-electron chi connectivity index (χ4n) is 3.47. The molecule has 1 amide bonds. The van der Waals surface area contributed by atoms with Crippen molar-refractivity contribution in [1.29, 1.82) is 0 Å². The Kier molecular flexibility index (Phi) is 5.62. The molecule has 0 spiro atoms. The molecular weight excluding hydrogens is 295 g/mol. The lowest BCUT2D eigenvalue weighted by Gasteiger charge is -2.36. The van der Waals surface area contributed by atoms with Crippen LogP contribution in [0.4, 0.5) is 4.39 Å². The molecular formula is C18H25FN2O2. The summed E-state index contributed by atoms with van der Waals surface area (Å²) in [4.78, 5) is 17.3. The maximum Gasteiger partial charge on any atom is 0.254 e. The van der Waals surface area contributed by atoms with Crippen LogP contribution < -0.4 is 0 Å². The molecule has 2 saturated heterocycles. The predicted octanol–water partition coefficient (Wildman–Crippen LogP) is 2.54. The van der Waals surface area contributed by atoms with Crippen LogP contribution in [0.3, 0.4) is 0 Å². The number of ether oxygens (including phenoxy) is 1. The van der Waals surface area contributed by atoms with Crippen LogP contribution in [-0.4, -0.2) is 61.1 Å². The first kappa shape index (κ1) is 16.4. The van der Waals surface area contributed by atoms with Gasteiger partial charge < -0.3 is 9.64 Å². The van der Waals surface area contributed by atoms with E-state index in [9.17, 15) is 9.18 Å². The Morgan fingerprint density at radius 2 is 1.83 bits per heavy atom. The minimum Gasteiger partial charge on any atom is -0.379 e. The van der Waals surface area contributed by atoms with Gasteiger partial charge in [-0.15, -0.1) is 0 Å². The Labute approximate surface area is 137 Å². The van der Waals surface area contributed by atoms with Crippen LogP contribution in [0.2, 0.25) is 0 Å². The lowest BCUT2D eigenvalue weighted by atomic mass is 10.1. The molecule has 0 aromatic heterocycles. The molecule has 2 heterocycles. The Bertz CT molecular complexity index is 514. The van der Waals surface area contributed by atoms with Gasteiger partial charge in [0.05, 0.1) is 13.2 Å². The first-order valence-corrected chi connectivity index (χ1v) is 8.61. The molecule has 5 heteroatoms. The van der Waals surface area contributed by atoms with Crippen molar-refractivity contribution < 1.29 is 13.9 Å². The third kappa shape index (κ3) is 4.30. The molecule has 1 aromatic rings. The second kappa shape index (κ2) is 7.88. The van der Waals surface area contributed by atoms with Crippen LogP contribution in [0.5, 0.6) is 0 Å². The smallest absolute Gasteiger partial charge is 0.254 e. The van der Waals surface area contributed by atoms with Gasteiger partial charge in [-0.1, -0.05) is 12.8 Å². The normalized spacial score (nSPS) is 23.5. The van der Waals surface area contributed by atoms with Gasteiger partial charge in [-0.3, -0.25) is 9.69 Å². The van der Waals surface area contributed by atoms with Crippen molar-refractivity contribution in [3.05, 3.63) is 35.6 Å². The number of hydrogen-bond donors (Lipinski definition) is 0. The van der Waals surface area contributed by atoms with Crippen molar-refractivity contribution in [3.63, 3.8) is 0 Å². The van der Waals surface area contributed by atoms with Crippen molar-refractivity contribution in [2.75, 3.05) is 39.4 Å². The molecule has 23 heavy (non-hydrogen) atoms. The third-order valence-electron chi connectivity index (χ3n) is 4.80. The van der Waals surface area contributed by atoms with Gasteiger partial charge in [0.15, 0.2) is 0 Å². The van der Waals surface area contributed by atoms with Crippen LogP contribution in [0.25, 0.3) is 0 Å². The summed E-state index contributed by atoms with van der Waals surface area (Å²) in [6.07, 6.45) is 4.44. The van der Waals surface area contributed by atoms with Gasteiger partial charge in [0, 0.05) is 37.8 Å². The van der Waals surface area contributed by atoms with Gasteiger partial charge in [0.2, 0.25) is 0 Å². The second-order valence-electron chi connectivity index (χ2n) is 6.42. The number of carbonyl (C=O) groups is 1. The van der Waals surface area contributed by atoms with Gasteiger partial charge in [0.25, 0.3) is 5.91 Å². The second-order valence-corrected chi connectivity index (χ2v) is 6.42. The van der Waals surface area contributed by atoms with Crippen molar-refractivity contribution in [3.8, 4) is 0 Å². The first-order valence-electron chi connectivity index (χ1n) is 8.61. The number of rotatable bonds is 3. The lowest BCUT2D eigenvalue weighted by Crippen LogP contribution is -2.49. The number of carbonyl (C=O) groups excluding carboxylic acids is 1. The van der Waals surface area contributed by atoms with E-state index in [0.29, 0.717) is 5.56 Å². The Morgan fingerprint density at radius 3 is 2.57 bits per heavy atom. The molecule has 0 radical (unpaired) electrons. The van der Waals surface area contributed by atoms with E-state index < -0.39 is 0 Å². The zero-order chi connectivity index (χ0) is 16.1. The number of nitrogens with zero attached hydrogens (tertiary/aromatic N) is 2. The van der Waals surface area contributed by atoms with Crippen LogP contribution in [0.15, 0.2) is 24.3 Å². The van der Waals surface area contributed by atoms with Gasteiger partial charge >= 0.3 is 0 Å². The zero-order valence-electron chi connectivity index (χ0n) is 13.5. The number of halogens is 1. The topological polar surface area (TPSA) is 32.8 Å². The molecule has 0 bridgehead atoms. The summed E-state index contributed by atoms with van der Waals surface area (Å²) in [5, 5.41) is 0. The average molecular weight is 320 g/mol. The largest absolute Gasteiger partial charge is 0.379 e. The van der Waals surface area contributed by atoms with Crippen LogP contribution in [0, 0.1) is 5.82 Å². The zero-order valence-corrected chi connectivity index (χ0v) is 13.5. The number of amides is 1. The summed E-state index contributed by atoms with van der Waals surface area (Å²) >= 11 is 0. The van der Waals surface area contributed by atoms with E-state index in [1.165, 1.54) is 25.0 Å². The maximum atomic E-state index is 13.1. The summed E-state index contributed by atoms with van der Waals surface area (Å²) in [5.74, 6) is -0.271. The van der Waals surface area contributed by atoms with E-state index >= 15 is 0 Å². The van der Waals surface area contributed by atoms with Crippen LogP contribution >= 0.6 is 0 Å². The highest BCUT2D eigenvalue weighted by molar-refractivity contribution is 5.94. The first-order chi connectivity index (χ1) is 11.2. The Hall–Kier alpha value is -1.46. The summed E-state index contributed by atoms with van der Waals surface area (Å²) < 4.78 is 18.5. The SMILES string of the molecule is O=C(c1ccc(F)cc1)N1CCCCCC1CN1CCOCC1. The van der Waals surface area contributed by atoms with Crippen molar-refractivity contribution in [2.24, 2.45) is 0 Å². The number of hydrogen-bond acceptors (Lipinski definition) is 3. The number of likely N-dealkylation sites (tertiary alicyclic amines) is 1. The minimum absolute atomic E-state index is 0.0326. The third-order valence-corrected chi connectivity index (χ3v) is 4.80. The lowest BCUT2D eigenvalue weighted by molar-refractivity contribution is 0.0218. The fraction of sp³-hybridized carbons (Fsp3) is 0.611. The van der Waals surface area contributed by atoms with E-state index in [-0.39, 0.29) is 17.8 Å². The molecule has 0 saturated carbocycles. The highest BCUT2D eigenvalue weighted by Gasteiger charge is 2.28. The summed E-state index contributed by atoms with van der Waals surface area (Å²) in [5.41, 5.74) is 0.584. The monoisotopic (exact) mass is 320 g/mol. The molecule has 3 rings (SSSR count). The van der Waals surface area contributed by atoms with Crippen LogP contribution in [0.1, 0.15) is 36.0 Å². The summed E-state index contributed by atoms with van der Waals surface area (Å²) in [6, 6.07) is 6.15. The molecule has 2 aliphatic heterocycles. The van der Waals surface area contributed by atoms with Crippen molar-refractivity contribution in [2.45, 2.75) is 31.7 Å². The van der Waals surface area contributed by atoms with E-state index in [2.05, 4.69) is 4.90 Å². The maximum absolute atomic E-state index is 13.1. The predicted molar refractivity (Wildman–Crippen MR) is 87.0 cm³/mol.